The van der Waals surface area contributed by atoms with E-state index >= 15 is 0 Å². The van der Waals surface area contributed by atoms with E-state index in [1.54, 1.807) is 6.20 Å². The molecule has 0 aliphatic carbocycles. The fraction of sp³-hybridized carbons (Fsp3) is 0.647. The van der Waals surface area contributed by atoms with Gasteiger partial charge in [-0.15, -0.1) is 0 Å². The molecule has 1 aromatic heterocycles. The Balaban J connectivity index is 1.65. The molecule has 126 valence electrons. The minimum absolute atomic E-state index is 0.0919. The van der Waals surface area contributed by atoms with Crippen LogP contribution >= 0.6 is 11.6 Å². The summed E-state index contributed by atoms with van der Waals surface area (Å²) in [7, 11) is 0. The van der Waals surface area contributed by atoms with Gasteiger partial charge in [0.15, 0.2) is 0 Å². The van der Waals surface area contributed by atoms with Gasteiger partial charge < -0.3 is 15.3 Å². The molecule has 1 saturated heterocycles. The Kier molecular flexibility index (Phi) is 5.19. The van der Waals surface area contributed by atoms with Crippen molar-refractivity contribution >= 4 is 23.8 Å². The maximum absolute atomic E-state index is 10.0. The van der Waals surface area contributed by atoms with Crippen molar-refractivity contribution in [3.63, 3.8) is 0 Å². The fourth-order valence-corrected chi connectivity index (χ4v) is 3.65. The van der Waals surface area contributed by atoms with Crippen molar-refractivity contribution < 1.29 is 5.11 Å². The van der Waals surface area contributed by atoms with Gasteiger partial charge in [-0.3, -0.25) is 4.99 Å². The molecular weight excluding hydrogens is 312 g/mol. The van der Waals surface area contributed by atoms with Gasteiger partial charge in [-0.1, -0.05) is 11.6 Å². The third kappa shape index (κ3) is 3.52. The molecule has 0 unspecified atom stereocenters. The lowest BCUT2D eigenvalue weighted by Gasteiger charge is -2.31. The molecule has 3 heterocycles. The standard InChI is InChI=1S/C17H25ClN4O/c1-11-13(18)9-20-17-16(11)12(2)21-10-22(17)8-4-5-14-15(23)6-3-7-19-14/h9-10,12,14-15,19,23H,3-8H2,1-2H3/t12-,14-,15+/m1/s1. The van der Waals surface area contributed by atoms with Crippen LogP contribution in [-0.4, -0.2) is 41.7 Å². The fourth-order valence-electron chi connectivity index (χ4n) is 3.49. The number of aromatic nitrogens is 1. The van der Waals surface area contributed by atoms with Gasteiger partial charge in [0.05, 0.1) is 23.5 Å². The van der Waals surface area contributed by atoms with Crippen molar-refractivity contribution in [2.75, 3.05) is 18.0 Å². The van der Waals surface area contributed by atoms with Gasteiger partial charge in [-0.25, -0.2) is 4.98 Å². The lowest BCUT2D eigenvalue weighted by molar-refractivity contribution is 0.0918. The smallest absolute Gasteiger partial charge is 0.139 e. The molecule has 0 saturated carbocycles. The van der Waals surface area contributed by atoms with E-state index in [0.29, 0.717) is 5.02 Å². The SMILES string of the molecule is Cc1c(Cl)cnc2c1[C@@H](C)N=CN2CCC[C@H]1NCCC[C@@H]1O. The van der Waals surface area contributed by atoms with Crippen LogP contribution in [0.2, 0.25) is 5.02 Å². The number of aliphatic imine (C=N–C) groups is 1. The van der Waals surface area contributed by atoms with E-state index < -0.39 is 0 Å². The first-order valence-corrected chi connectivity index (χ1v) is 8.82. The summed E-state index contributed by atoms with van der Waals surface area (Å²) in [5.74, 6) is 0.964. The first-order valence-electron chi connectivity index (χ1n) is 8.44. The Morgan fingerprint density at radius 3 is 3.09 bits per heavy atom. The van der Waals surface area contributed by atoms with Crippen LogP contribution in [0, 0.1) is 6.92 Å². The van der Waals surface area contributed by atoms with Crippen LogP contribution in [0.3, 0.4) is 0 Å². The number of hydrogen-bond donors (Lipinski definition) is 2. The van der Waals surface area contributed by atoms with Gasteiger partial charge >= 0.3 is 0 Å². The normalized spacial score (nSPS) is 27.1. The number of halogens is 1. The van der Waals surface area contributed by atoms with Crippen molar-refractivity contribution in [1.82, 2.24) is 10.3 Å². The number of piperidine rings is 1. The number of nitrogens with one attached hydrogen (secondary N) is 1. The quantitative estimate of drug-likeness (QED) is 0.887. The zero-order valence-electron chi connectivity index (χ0n) is 13.8. The van der Waals surface area contributed by atoms with Gasteiger partial charge in [-0.2, -0.15) is 0 Å². The van der Waals surface area contributed by atoms with E-state index in [1.165, 1.54) is 0 Å². The monoisotopic (exact) mass is 336 g/mol. The van der Waals surface area contributed by atoms with Crippen molar-refractivity contribution in [1.29, 1.82) is 0 Å². The molecule has 6 heteroatoms. The van der Waals surface area contributed by atoms with Gasteiger partial charge in [0.2, 0.25) is 0 Å². The molecule has 2 aliphatic rings. The zero-order valence-corrected chi connectivity index (χ0v) is 14.6. The molecule has 1 fully saturated rings. The molecule has 0 aromatic carbocycles. The van der Waals surface area contributed by atoms with E-state index in [1.807, 2.05) is 13.3 Å². The summed E-state index contributed by atoms with van der Waals surface area (Å²) in [6.45, 7) is 5.95. The van der Waals surface area contributed by atoms with Gasteiger partial charge in [0.25, 0.3) is 0 Å². The third-order valence-electron chi connectivity index (χ3n) is 4.88. The number of aliphatic hydroxyl groups excluding tert-OH is 1. The van der Waals surface area contributed by atoms with Crippen LogP contribution in [0.15, 0.2) is 11.2 Å². The molecule has 0 amide bonds. The summed E-state index contributed by atoms with van der Waals surface area (Å²) >= 11 is 6.21. The highest BCUT2D eigenvalue weighted by Gasteiger charge is 2.25. The van der Waals surface area contributed by atoms with Crippen LogP contribution < -0.4 is 10.2 Å². The molecule has 5 nitrogen and oxygen atoms in total. The summed E-state index contributed by atoms with van der Waals surface area (Å²) in [4.78, 5) is 11.2. The van der Waals surface area contributed by atoms with Crippen LogP contribution in [-0.2, 0) is 0 Å². The number of aliphatic hydroxyl groups is 1. The van der Waals surface area contributed by atoms with Crippen LogP contribution in [0.4, 0.5) is 5.82 Å². The maximum atomic E-state index is 10.0. The number of fused-ring (bicyclic) bond motifs is 1. The number of rotatable bonds is 4. The van der Waals surface area contributed by atoms with Crippen LogP contribution in [0.1, 0.15) is 49.8 Å². The predicted octanol–water partition coefficient (Wildman–Crippen LogP) is 2.85. The minimum atomic E-state index is -0.217. The second-order valence-corrected chi connectivity index (χ2v) is 6.92. The summed E-state index contributed by atoms with van der Waals surface area (Å²) in [6, 6.07) is 0.304. The first kappa shape index (κ1) is 16.7. The highest BCUT2D eigenvalue weighted by molar-refractivity contribution is 6.31. The minimum Gasteiger partial charge on any atom is -0.392 e. The van der Waals surface area contributed by atoms with Crippen molar-refractivity contribution in [2.24, 2.45) is 4.99 Å². The molecule has 0 bridgehead atoms. The molecule has 0 spiro atoms. The Morgan fingerprint density at radius 1 is 1.48 bits per heavy atom. The highest BCUT2D eigenvalue weighted by Crippen LogP contribution is 2.35. The van der Waals surface area contributed by atoms with E-state index in [9.17, 15) is 5.11 Å². The Hall–Kier alpha value is -1.17. The van der Waals surface area contributed by atoms with Gasteiger partial charge in [0, 0.05) is 24.3 Å². The van der Waals surface area contributed by atoms with Gasteiger partial charge in [0.1, 0.15) is 5.82 Å². The topological polar surface area (TPSA) is 60.8 Å². The molecule has 2 N–H and O–H groups in total. The maximum Gasteiger partial charge on any atom is 0.139 e. The van der Waals surface area contributed by atoms with E-state index in [2.05, 4.69) is 27.1 Å². The number of nitrogens with zero attached hydrogens (tertiary/aromatic N) is 3. The average molecular weight is 337 g/mol. The van der Waals surface area contributed by atoms with Gasteiger partial charge in [-0.05, 0) is 51.6 Å². The molecule has 3 rings (SSSR count). The third-order valence-corrected chi connectivity index (χ3v) is 5.27. The van der Waals surface area contributed by atoms with E-state index in [4.69, 9.17) is 11.6 Å². The lowest BCUT2D eigenvalue weighted by atomic mass is 9.97. The van der Waals surface area contributed by atoms with E-state index in [0.717, 1.165) is 55.7 Å². The second-order valence-electron chi connectivity index (χ2n) is 6.51. The molecule has 3 atom stereocenters. The van der Waals surface area contributed by atoms with Crippen molar-refractivity contribution in [2.45, 2.75) is 57.7 Å². The van der Waals surface area contributed by atoms with Crippen LogP contribution in [0.5, 0.6) is 0 Å². The molecule has 23 heavy (non-hydrogen) atoms. The van der Waals surface area contributed by atoms with Crippen LogP contribution in [0.25, 0.3) is 0 Å². The Bertz CT molecular complexity index is 592. The average Bonchev–Trinajstić information content (AvgIpc) is 2.54. The lowest BCUT2D eigenvalue weighted by Crippen LogP contribution is -2.45. The summed E-state index contributed by atoms with van der Waals surface area (Å²) in [5, 5.41) is 14.1. The summed E-state index contributed by atoms with van der Waals surface area (Å²) in [6.07, 6.45) is 7.30. The Labute approximate surface area is 142 Å². The largest absolute Gasteiger partial charge is 0.392 e. The van der Waals surface area contributed by atoms with E-state index in [-0.39, 0.29) is 18.2 Å². The first-order chi connectivity index (χ1) is 11.1. The number of anilines is 1. The number of pyridine rings is 1. The highest BCUT2D eigenvalue weighted by atomic mass is 35.5. The van der Waals surface area contributed by atoms with Crippen molar-refractivity contribution in [3.05, 3.63) is 22.3 Å². The molecule has 2 aliphatic heterocycles. The number of hydrogen-bond acceptors (Lipinski definition) is 5. The molecular formula is C17H25ClN4O. The summed E-state index contributed by atoms with van der Waals surface area (Å²) < 4.78 is 0. The zero-order chi connectivity index (χ0) is 16.4. The second kappa shape index (κ2) is 7.16. The van der Waals surface area contributed by atoms with Crippen molar-refractivity contribution in [3.8, 4) is 0 Å². The Morgan fingerprint density at radius 2 is 2.30 bits per heavy atom. The molecule has 0 radical (unpaired) electrons. The molecule has 1 aromatic rings. The summed E-state index contributed by atoms with van der Waals surface area (Å²) in [5.41, 5.74) is 2.19. The predicted molar refractivity (Wildman–Crippen MR) is 94.5 cm³/mol.